The Labute approximate surface area is 180 Å². The molecule has 1 aliphatic heterocycles. The molecular formula is C24H38N4O2. The molecule has 166 valence electrons. The summed E-state index contributed by atoms with van der Waals surface area (Å²) >= 11 is 0. The average molecular weight is 415 g/mol. The van der Waals surface area contributed by atoms with Crippen LogP contribution in [0.25, 0.3) is 5.65 Å². The van der Waals surface area contributed by atoms with Gasteiger partial charge in [-0.2, -0.15) is 0 Å². The summed E-state index contributed by atoms with van der Waals surface area (Å²) < 4.78 is 2.05. The molecule has 0 aromatic carbocycles. The smallest absolute Gasteiger partial charge is 0.274 e. The number of hydrogen-bond donors (Lipinski definition) is 2. The molecule has 0 unspecified atom stereocenters. The molecule has 1 fully saturated rings. The molecule has 3 rings (SSSR count). The average Bonchev–Trinajstić information content (AvgIpc) is 2.84. The van der Waals surface area contributed by atoms with Crippen LogP contribution in [0.2, 0.25) is 0 Å². The number of imidazole rings is 1. The van der Waals surface area contributed by atoms with Gasteiger partial charge in [0.05, 0.1) is 11.3 Å². The number of fused-ring (bicyclic) bond motifs is 1. The number of carbonyl (C=O) groups is 1. The lowest BCUT2D eigenvalue weighted by Crippen LogP contribution is -2.34. The molecular weight excluding hydrogens is 376 g/mol. The summed E-state index contributed by atoms with van der Waals surface area (Å²) in [6, 6.07) is 4.39. The van der Waals surface area contributed by atoms with Crippen LogP contribution in [0.4, 0.5) is 0 Å². The number of hydrogen-bond acceptors (Lipinski definition) is 4. The highest BCUT2D eigenvalue weighted by atomic mass is 16.3. The molecule has 30 heavy (non-hydrogen) atoms. The van der Waals surface area contributed by atoms with Gasteiger partial charge in [-0.05, 0) is 77.5 Å². The van der Waals surface area contributed by atoms with Gasteiger partial charge in [-0.1, -0.05) is 12.8 Å². The molecule has 6 nitrogen and oxygen atoms in total. The highest BCUT2D eigenvalue weighted by Crippen LogP contribution is 2.19. The van der Waals surface area contributed by atoms with Crippen molar-refractivity contribution in [2.24, 2.45) is 0 Å². The molecule has 1 saturated heterocycles. The van der Waals surface area contributed by atoms with Crippen LogP contribution in [0, 0.1) is 6.92 Å². The Kier molecular flexibility index (Phi) is 7.53. The molecule has 3 heterocycles. The Bertz CT molecular complexity index is 845. The van der Waals surface area contributed by atoms with E-state index in [0.29, 0.717) is 18.3 Å². The maximum Gasteiger partial charge on any atom is 0.274 e. The van der Waals surface area contributed by atoms with Crippen LogP contribution in [0.3, 0.4) is 0 Å². The van der Waals surface area contributed by atoms with Crippen molar-refractivity contribution in [2.75, 3.05) is 13.1 Å². The zero-order valence-electron chi connectivity index (χ0n) is 19.1. The fourth-order valence-electron chi connectivity index (χ4n) is 4.17. The first-order chi connectivity index (χ1) is 14.2. The highest BCUT2D eigenvalue weighted by Gasteiger charge is 2.25. The fraction of sp³-hybridized carbons (Fsp3) is 0.667. The number of pyridine rings is 1. The van der Waals surface area contributed by atoms with E-state index in [1.807, 2.05) is 37.9 Å². The molecule has 0 spiro atoms. The van der Waals surface area contributed by atoms with Crippen LogP contribution in [0.15, 0.2) is 18.3 Å². The van der Waals surface area contributed by atoms with E-state index in [0.717, 1.165) is 62.1 Å². The van der Waals surface area contributed by atoms with Crippen LogP contribution < -0.4 is 5.32 Å². The second kappa shape index (κ2) is 9.92. The Morgan fingerprint density at radius 1 is 1.27 bits per heavy atom. The summed E-state index contributed by atoms with van der Waals surface area (Å²) in [7, 11) is 0. The second-order valence-electron chi connectivity index (χ2n) is 9.53. The molecule has 0 bridgehead atoms. The predicted molar refractivity (Wildman–Crippen MR) is 121 cm³/mol. The lowest BCUT2D eigenvalue weighted by atomic mass is 10.00. The first kappa shape index (κ1) is 22.8. The zero-order chi connectivity index (χ0) is 21.7. The third kappa shape index (κ3) is 6.05. The van der Waals surface area contributed by atoms with Gasteiger partial charge in [-0.25, -0.2) is 4.98 Å². The van der Waals surface area contributed by atoms with Crippen molar-refractivity contribution in [1.29, 1.82) is 0 Å². The van der Waals surface area contributed by atoms with Crippen LogP contribution in [-0.2, 0) is 6.54 Å². The SMILES string of the molecule is Cc1ccn2c(CN[C@@H](C)CCCC(C)(C)O)c(C(=O)N3CCCCCC3)nc2c1. The first-order valence-electron chi connectivity index (χ1n) is 11.5. The van der Waals surface area contributed by atoms with Crippen molar-refractivity contribution in [3.8, 4) is 0 Å². The summed E-state index contributed by atoms with van der Waals surface area (Å²) in [5, 5.41) is 13.5. The van der Waals surface area contributed by atoms with Gasteiger partial charge in [0.25, 0.3) is 5.91 Å². The number of aromatic nitrogens is 2. The van der Waals surface area contributed by atoms with Crippen molar-refractivity contribution in [1.82, 2.24) is 19.6 Å². The Hall–Kier alpha value is -1.92. The molecule has 1 aliphatic rings. The Morgan fingerprint density at radius 2 is 1.97 bits per heavy atom. The number of nitrogens with zero attached hydrogens (tertiary/aromatic N) is 3. The molecule has 0 saturated carbocycles. The van der Waals surface area contributed by atoms with Crippen LogP contribution in [0.5, 0.6) is 0 Å². The molecule has 2 aromatic heterocycles. The van der Waals surface area contributed by atoms with E-state index in [1.165, 1.54) is 12.8 Å². The van der Waals surface area contributed by atoms with Crippen LogP contribution >= 0.6 is 0 Å². The standard InChI is InChI=1S/C24H38N4O2/c1-18-11-15-28-20(17-25-19(2)10-9-12-24(3,4)30)22(26-21(28)16-18)23(29)27-13-7-5-6-8-14-27/h11,15-16,19,25,30H,5-10,12-14,17H2,1-4H3/t19-/m0/s1. The van der Waals surface area contributed by atoms with E-state index in [9.17, 15) is 9.90 Å². The summed E-state index contributed by atoms with van der Waals surface area (Å²) in [5.41, 5.74) is 2.87. The van der Waals surface area contributed by atoms with E-state index >= 15 is 0 Å². The van der Waals surface area contributed by atoms with Gasteiger partial charge >= 0.3 is 0 Å². The number of likely N-dealkylation sites (tertiary alicyclic amines) is 1. The Balaban J connectivity index is 1.76. The molecule has 0 radical (unpaired) electrons. The first-order valence-corrected chi connectivity index (χ1v) is 11.5. The largest absolute Gasteiger partial charge is 0.390 e. The molecule has 6 heteroatoms. The third-order valence-corrected chi connectivity index (χ3v) is 6.02. The van der Waals surface area contributed by atoms with Crippen LogP contribution in [0.1, 0.15) is 87.5 Å². The van der Waals surface area contributed by atoms with E-state index in [-0.39, 0.29) is 5.91 Å². The van der Waals surface area contributed by atoms with E-state index in [2.05, 4.69) is 22.7 Å². The summed E-state index contributed by atoms with van der Waals surface area (Å²) in [6.45, 7) is 10.2. The quantitative estimate of drug-likeness (QED) is 0.683. The minimum absolute atomic E-state index is 0.0599. The lowest BCUT2D eigenvalue weighted by molar-refractivity contribution is 0.0674. The van der Waals surface area contributed by atoms with Gasteiger partial charge in [0.2, 0.25) is 0 Å². The van der Waals surface area contributed by atoms with E-state index < -0.39 is 5.60 Å². The van der Waals surface area contributed by atoms with Crippen molar-refractivity contribution in [3.63, 3.8) is 0 Å². The number of aryl methyl sites for hydroxylation is 1. The van der Waals surface area contributed by atoms with Gasteiger partial charge in [0.15, 0.2) is 5.69 Å². The highest BCUT2D eigenvalue weighted by molar-refractivity contribution is 5.94. The number of amides is 1. The van der Waals surface area contributed by atoms with Crippen molar-refractivity contribution in [2.45, 2.75) is 90.8 Å². The molecule has 1 amide bonds. The monoisotopic (exact) mass is 414 g/mol. The van der Waals surface area contributed by atoms with Crippen molar-refractivity contribution < 1.29 is 9.90 Å². The van der Waals surface area contributed by atoms with Gasteiger partial charge in [-0.15, -0.1) is 0 Å². The van der Waals surface area contributed by atoms with E-state index in [4.69, 9.17) is 4.98 Å². The maximum atomic E-state index is 13.3. The van der Waals surface area contributed by atoms with Gasteiger partial charge in [0, 0.05) is 31.9 Å². The Morgan fingerprint density at radius 3 is 2.63 bits per heavy atom. The normalized spacial score (nSPS) is 16.6. The molecule has 2 aromatic rings. The van der Waals surface area contributed by atoms with Crippen molar-refractivity contribution >= 4 is 11.6 Å². The third-order valence-electron chi connectivity index (χ3n) is 6.02. The molecule has 0 aliphatic carbocycles. The summed E-state index contributed by atoms with van der Waals surface area (Å²) in [4.78, 5) is 20.1. The van der Waals surface area contributed by atoms with Gasteiger partial charge in [-0.3, -0.25) is 4.79 Å². The maximum absolute atomic E-state index is 13.3. The zero-order valence-corrected chi connectivity index (χ0v) is 19.1. The topological polar surface area (TPSA) is 69.9 Å². The number of rotatable bonds is 8. The second-order valence-corrected chi connectivity index (χ2v) is 9.53. The van der Waals surface area contributed by atoms with Gasteiger partial charge in [0.1, 0.15) is 5.65 Å². The number of nitrogens with one attached hydrogen (secondary N) is 1. The fourth-order valence-corrected chi connectivity index (χ4v) is 4.17. The predicted octanol–water partition coefficient (Wildman–Crippen LogP) is 4.08. The number of carbonyl (C=O) groups excluding carboxylic acids is 1. The summed E-state index contributed by atoms with van der Waals surface area (Å²) in [5.74, 6) is 0.0599. The molecule has 2 N–H and O–H groups in total. The van der Waals surface area contributed by atoms with Gasteiger partial charge < -0.3 is 19.7 Å². The molecule has 1 atom stereocenters. The summed E-state index contributed by atoms with van der Waals surface area (Å²) in [6.07, 6.45) is 9.29. The van der Waals surface area contributed by atoms with Crippen LogP contribution in [-0.4, -0.2) is 50.0 Å². The van der Waals surface area contributed by atoms with E-state index in [1.54, 1.807) is 0 Å². The minimum Gasteiger partial charge on any atom is -0.390 e. The minimum atomic E-state index is -0.619. The van der Waals surface area contributed by atoms with Crippen molar-refractivity contribution in [3.05, 3.63) is 35.3 Å². The number of aliphatic hydroxyl groups is 1. The lowest BCUT2D eigenvalue weighted by Gasteiger charge is -2.21.